The molecule has 0 aliphatic rings. The maximum Gasteiger partial charge on any atom is 0.100 e. The molecule has 0 unspecified atom stereocenters. The molecule has 1 radical (unpaired) electrons. The fourth-order valence-electron chi connectivity index (χ4n) is 0.131. The zero-order valence-corrected chi connectivity index (χ0v) is 4.94. The van der Waals surface area contributed by atoms with Crippen molar-refractivity contribution in [1.82, 2.24) is 0 Å². The second-order valence-corrected chi connectivity index (χ2v) is 1.44. The van der Waals surface area contributed by atoms with E-state index in [9.17, 15) is 5.11 Å². The van der Waals surface area contributed by atoms with Gasteiger partial charge < -0.3 is 0 Å². The average molecular weight is 150 g/mol. The highest BCUT2D eigenvalue weighted by Crippen LogP contribution is 1.78. The number of allylic oxidation sites excluding steroid dienone is 1. The molecule has 0 aliphatic heterocycles. The summed E-state index contributed by atoms with van der Waals surface area (Å²) in [7, 11) is 0. The molecule has 0 fully saturated rings. The molecule has 0 heterocycles. The first-order valence-electron chi connectivity index (χ1n) is 1.71. The topological polar surface area (TPSA) is 19.9 Å². The van der Waals surface area contributed by atoms with Crippen LogP contribution in [0.1, 0.15) is 0 Å². The van der Waals surface area contributed by atoms with Crippen LogP contribution in [0, 0.1) is 0 Å². The summed E-state index contributed by atoms with van der Waals surface area (Å²) >= 11 is 3.12. The molecule has 0 bridgehead atoms. The Labute approximate surface area is 45.8 Å². The lowest BCUT2D eigenvalue weighted by molar-refractivity contribution is 0.232. The molecule has 0 N–H and O–H groups in total. The Bertz CT molecular complexity index is 36.8. The maximum atomic E-state index is 9.58. The van der Waals surface area contributed by atoms with E-state index in [1.807, 2.05) is 0 Å². The summed E-state index contributed by atoms with van der Waals surface area (Å²) in [6, 6.07) is 0. The predicted octanol–water partition coefficient (Wildman–Crippen LogP) is 1.37. The van der Waals surface area contributed by atoms with E-state index in [0.717, 1.165) is 5.33 Å². The van der Waals surface area contributed by atoms with Crippen LogP contribution < -0.4 is 0 Å². The fourth-order valence-corrected chi connectivity index (χ4v) is 0.395. The van der Waals surface area contributed by atoms with Crippen LogP contribution in [0.25, 0.3) is 0 Å². The second-order valence-electron chi connectivity index (χ2n) is 0.792. The zero-order chi connectivity index (χ0) is 4.83. The maximum absolute atomic E-state index is 9.58. The molecule has 0 saturated carbocycles. The molecule has 35 valence electrons. The molecule has 1 nitrogen and oxygen atoms in total. The summed E-state index contributed by atoms with van der Waals surface area (Å²) in [6.07, 6.45) is 3.36. The summed E-state index contributed by atoms with van der Waals surface area (Å²) in [5, 5.41) is 10.4. The van der Waals surface area contributed by atoms with Gasteiger partial charge in [0, 0.05) is 5.33 Å². The Morgan fingerprint density at radius 2 is 2.17 bits per heavy atom. The first-order valence-corrected chi connectivity index (χ1v) is 2.83. The quantitative estimate of drug-likeness (QED) is 0.418. The van der Waals surface area contributed by atoms with E-state index in [2.05, 4.69) is 15.9 Å². The van der Waals surface area contributed by atoms with Gasteiger partial charge in [0.2, 0.25) is 0 Å². The molecule has 0 aromatic heterocycles. The van der Waals surface area contributed by atoms with Crippen molar-refractivity contribution in [2.24, 2.45) is 0 Å². The van der Waals surface area contributed by atoms with Gasteiger partial charge in [0.05, 0.1) is 0 Å². The van der Waals surface area contributed by atoms with Gasteiger partial charge in [-0.15, -0.1) is 0 Å². The third-order valence-electron chi connectivity index (χ3n) is 0.352. The molecule has 0 rings (SSSR count). The molecule has 6 heavy (non-hydrogen) atoms. The molecule has 0 amide bonds. The number of halogens is 1. The van der Waals surface area contributed by atoms with Crippen LogP contribution in [0.3, 0.4) is 0 Å². The lowest BCUT2D eigenvalue weighted by Gasteiger charge is -1.69. The largest absolute Gasteiger partial charge is 0.232 e. The van der Waals surface area contributed by atoms with Crippen LogP contribution in [0.15, 0.2) is 12.2 Å². The molecule has 0 aromatic rings. The smallest absolute Gasteiger partial charge is 0.100 e. The Balaban J connectivity index is 2.73. The van der Waals surface area contributed by atoms with Gasteiger partial charge in [0.15, 0.2) is 0 Å². The molecule has 0 saturated heterocycles. The van der Waals surface area contributed by atoms with E-state index in [0.29, 0.717) is 0 Å². The monoisotopic (exact) mass is 149 g/mol. The van der Waals surface area contributed by atoms with Gasteiger partial charge in [-0.3, -0.25) is 0 Å². The molecular formula is C4H6BrO. The first-order chi connectivity index (χ1) is 2.91. The van der Waals surface area contributed by atoms with Gasteiger partial charge in [-0.25, -0.2) is 5.11 Å². The highest BCUT2D eigenvalue weighted by atomic mass is 79.9. The van der Waals surface area contributed by atoms with E-state index in [1.54, 1.807) is 12.2 Å². The van der Waals surface area contributed by atoms with E-state index in [1.165, 1.54) is 0 Å². The Hall–Kier alpha value is 0.180. The number of rotatable bonds is 2. The van der Waals surface area contributed by atoms with Crippen molar-refractivity contribution in [1.29, 1.82) is 0 Å². The minimum Gasteiger partial charge on any atom is -0.232 e. The van der Waals surface area contributed by atoms with Crippen LogP contribution in [-0.2, 0) is 5.11 Å². The minimum atomic E-state index is -0.106. The van der Waals surface area contributed by atoms with Gasteiger partial charge in [0.25, 0.3) is 0 Å². The standard InChI is InChI=1S/C4H6BrO/c5-3-1-2-4-6/h1-2H,3-4H2. The molecule has 2 heteroatoms. The van der Waals surface area contributed by atoms with E-state index >= 15 is 0 Å². The summed E-state index contributed by atoms with van der Waals surface area (Å²) in [5.41, 5.74) is 0. The van der Waals surface area contributed by atoms with Crippen molar-refractivity contribution >= 4 is 15.9 Å². The van der Waals surface area contributed by atoms with Crippen LogP contribution in [-0.4, -0.2) is 11.9 Å². The number of hydrogen-bond donors (Lipinski definition) is 0. The highest BCUT2D eigenvalue weighted by Gasteiger charge is 1.63. The lowest BCUT2D eigenvalue weighted by atomic mass is 10.6. The van der Waals surface area contributed by atoms with Crippen molar-refractivity contribution in [3.8, 4) is 0 Å². The minimum absolute atomic E-state index is 0.106. The fraction of sp³-hybridized carbons (Fsp3) is 0.500. The molecule has 0 spiro atoms. The van der Waals surface area contributed by atoms with Gasteiger partial charge in [-0.2, -0.15) is 0 Å². The van der Waals surface area contributed by atoms with E-state index in [-0.39, 0.29) is 6.61 Å². The van der Waals surface area contributed by atoms with Crippen LogP contribution >= 0.6 is 15.9 Å². The molecule has 0 atom stereocenters. The summed E-state index contributed by atoms with van der Waals surface area (Å²) in [6.45, 7) is -0.106. The van der Waals surface area contributed by atoms with Gasteiger partial charge in [-0.05, 0) is 0 Å². The van der Waals surface area contributed by atoms with Crippen molar-refractivity contribution in [2.75, 3.05) is 11.9 Å². The molecule has 0 aliphatic carbocycles. The second kappa shape index (κ2) is 5.18. The third-order valence-corrected chi connectivity index (χ3v) is 0.726. The summed E-state index contributed by atoms with van der Waals surface area (Å²) in [5.74, 6) is 0. The van der Waals surface area contributed by atoms with Crippen LogP contribution in [0.2, 0.25) is 0 Å². The summed E-state index contributed by atoms with van der Waals surface area (Å²) < 4.78 is 0. The highest BCUT2D eigenvalue weighted by molar-refractivity contribution is 9.09. The SMILES string of the molecule is [O]CC=CCBr. The van der Waals surface area contributed by atoms with Crippen LogP contribution in [0.5, 0.6) is 0 Å². The Morgan fingerprint density at radius 3 is 2.33 bits per heavy atom. The van der Waals surface area contributed by atoms with Gasteiger partial charge >= 0.3 is 0 Å². The predicted molar refractivity (Wildman–Crippen MR) is 28.5 cm³/mol. The van der Waals surface area contributed by atoms with Gasteiger partial charge in [-0.1, -0.05) is 28.1 Å². The Morgan fingerprint density at radius 1 is 1.50 bits per heavy atom. The first kappa shape index (κ1) is 6.18. The number of hydrogen-bond acceptors (Lipinski definition) is 0. The molecule has 0 aromatic carbocycles. The van der Waals surface area contributed by atoms with E-state index < -0.39 is 0 Å². The number of alkyl halides is 1. The van der Waals surface area contributed by atoms with Crippen molar-refractivity contribution in [3.05, 3.63) is 12.2 Å². The summed E-state index contributed by atoms with van der Waals surface area (Å²) in [4.78, 5) is 0. The lowest BCUT2D eigenvalue weighted by Crippen LogP contribution is -1.66. The van der Waals surface area contributed by atoms with Crippen molar-refractivity contribution < 1.29 is 5.11 Å². The van der Waals surface area contributed by atoms with Crippen LogP contribution in [0.4, 0.5) is 0 Å². The normalized spacial score (nSPS) is 10.3. The van der Waals surface area contributed by atoms with E-state index in [4.69, 9.17) is 0 Å². The van der Waals surface area contributed by atoms with Crippen molar-refractivity contribution in [2.45, 2.75) is 0 Å². The third kappa shape index (κ3) is 4.18. The van der Waals surface area contributed by atoms with Gasteiger partial charge in [0.1, 0.15) is 6.61 Å². The average Bonchev–Trinajstić information content (AvgIpc) is 1.61. The van der Waals surface area contributed by atoms with Crippen molar-refractivity contribution in [3.63, 3.8) is 0 Å². The molecular weight excluding hydrogens is 144 g/mol. The Kier molecular flexibility index (Phi) is 5.34. The zero-order valence-electron chi connectivity index (χ0n) is 3.36.